The molecule has 212 valence electrons. The maximum Gasteiger partial charge on any atom is 0.335 e. The molecule has 0 saturated carbocycles. The highest BCUT2D eigenvalue weighted by atomic mass is 16.5. The van der Waals surface area contributed by atoms with Crippen LogP contribution in [0.2, 0.25) is 0 Å². The Kier molecular flexibility index (Phi) is 12.1. The maximum absolute atomic E-state index is 13.8. The van der Waals surface area contributed by atoms with Gasteiger partial charge in [-0.2, -0.15) is 0 Å². The van der Waals surface area contributed by atoms with Crippen LogP contribution in [0.25, 0.3) is 11.0 Å². The van der Waals surface area contributed by atoms with Gasteiger partial charge in [-0.25, -0.2) is 4.79 Å². The monoisotopic (exact) mass is 535 g/mol. The molecule has 0 saturated heterocycles. The van der Waals surface area contributed by atoms with Gasteiger partial charge in [-0.3, -0.25) is 4.79 Å². The maximum atomic E-state index is 13.8. The van der Waals surface area contributed by atoms with Gasteiger partial charge in [0.05, 0.1) is 17.7 Å². The molecule has 1 aromatic heterocycles. The Morgan fingerprint density at radius 3 is 2.18 bits per heavy atom. The molecule has 1 N–H and O–H groups in total. The molecule has 0 amide bonds. The minimum absolute atomic E-state index is 0.130. The molecule has 0 aliphatic heterocycles. The molecule has 6 heteroatoms. The van der Waals surface area contributed by atoms with Crippen LogP contribution in [0.3, 0.4) is 0 Å². The van der Waals surface area contributed by atoms with Crippen LogP contribution in [0.1, 0.15) is 110 Å². The fourth-order valence-electron chi connectivity index (χ4n) is 5.10. The molecule has 39 heavy (non-hydrogen) atoms. The first-order valence-corrected chi connectivity index (χ1v) is 14.7. The third-order valence-corrected chi connectivity index (χ3v) is 7.36. The fraction of sp³-hybridized carbons (Fsp3) is 0.515. The standard InChI is InChI=1S/C33H45NO5/c1-5-9-13-26-25(8-4)30(38-21-12-20-34(18-10-6-2)19-11-7-3)17-15-27(26)32(35)29-23-39-31-16-14-24(33(36)37)22-28(29)31/h14-17,22-23H,5-13,18-21H2,1-4H3,(H,36,37). The van der Waals surface area contributed by atoms with E-state index in [-0.39, 0.29) is 11.3 Å². The van der Waals surface area contributed by atoms with Gasteiger partial charge in [0.15, 0.2) is 5.78 Å². The number of carboxylic acid groups (broad SMARTS) is 1. The van der Waals surface area contributed by atoms with Crippen molar-refractivity contribution in [2.24, 2.45) is 0 Å². The molecule has 0 fully saturated rings. The number of carboxylic acids is 1. The summed E-state index contributed by atoms with van der Waals surface area (Å²) in [5.74, 6) is -0.320. The van der Waals surface area contributed by atoms with Crippen LogP contribution in [-0.2, 0) is 12.8 Å². The van der Waals surface area contributed by atoms with Crippen LogP contribution in [0.5, 0.6) is 5.75 Å². The third-order valence-electron chi connectivity index (χ3n) is 7.36. The highest BCUT2D eigenvalue weighted by molar-refractivity contribution is 6.17. The molecule has 0 radical (unpaired) electrons. The van der Waals surface area contributed by atoms with Gasteiger partial charge in [0.1, 0.15) is 17.6 Å². The Balaban J connectivity index is 1.83. The van der Waals surface area contributed by atoms with E-state index in [1.54, 1.807) is 6.07 Å². The average Bonchev–Trinajstić information content (AvgIpc) is 3.37. The number of aromatic carboxylic acids is 1. The molecule has 3 rings (SSSR count). The highest BCUT2D eigenvalue weighted by Gasteiger charge is 2.23. The molecule has 0 bridgehead atoms. The zero-order chi connectivity index (χ0) is 28.2. The Morgan fingerprint density at radius 1 is 0.846 bits per heavy atom. The van der Waals surface area contributed by atoms with Crippen LogP contribution >= 0.6 is 0 Å². The van der Waals surface area contributed by atoms with E-state index < -0.39 is 5.97 Å². The summed E-state index contributed by atoms with van der Waals surface area (Å²) in [5.41, 5.74) is 3.77. The van der Waals surface area contributed by atoms with E-state index in [0.717, 1.165) is 68.6 Å². The van der Waals surface area contributed by atoms with Crippen molar-refractivity contribution in [3.05, 3.63) is 64.4 Å². The summed E-state index contributed by atoms with van der Waals surface area (Å²) in [7, 11) is 0. The van der Waals surface area contributed by atoms with E-state index in [9.17, 15) is 14.7 Å². The zero-order valence-electron chi connectivity index (χ0n) is 24.2. The molecule has 0 unspecified atom stereocenters. The lowest BCUT2D eigenvalue weighted by atomic mass is 9.89. The van der Waals surface area contributed by atoms with Gasteiger partial charge in [-0.15, -0.1) is 0 Å². The number of hydrogen-bond donors (Lipinski definition) is 1. The molecule has 0 aliphatic carbocycles. The number of furan rings is 1. The predicted molar refractivity (Wildman–Crippen MR) is 157 cm³/mol. The lowest BCUT2D eigenvalue weighted by Crippen LogP contribution is -2.28. The molecular formula is C33H45NO5. The Labute approximate surface area is 233 Å². The van der Waals surface area contributed by atoms with Gasteiger partial charge in [-0.1, -0.05) is 47.0 Å². The van der Waals surface area contributed by atoms with Gasteiger partial charge in [0.2, 0.25) is 0 Å². The number of nitrogens with zero attached hydrogens (tertiary/aromatic N) is 1. The SMILES string of the molecule is CCCCc1c(C(=O)c2coc3ccc(C(=O)O)cc23)ccc(OCCCN(CCCC)CCCC)c1CC. The summed E-state index contributed by atoms with van der Waals surface area (Å²) in [6.45, 7) is 12.7. The smallest absolute Gasteiger partial charge is 0.335 e. The number of fused-ring (bicyclic) bond motifs is 1. The number of benzene rings is 2. The highest BCUT2D eigenvalue weighted by Crippen LogP contribution is 2.32. The second kappa shape index (κ2) is 15.5. The van der Waals surface area contributed by atoms with Crippen LogP contribution in [0.15, 0.2) is 41.0 Å². The van der Waals surface area contributed by atoms with Crippen molar-refractivity contribution in [3.63, 3.8) is 0 Å². The Morgan fingerprint density at radius 2 is 1.54 bits per heavy atom. The molecule has 6 nitrogen and oxygen atoms in total. The number of ketones is 1. The first-order valence-electron chi connectivity index (χ1n) is 14.7. The van der Waals surface area contributed by atoms with E-state index in [4.69, 9.17) is 9.15 Å². The van der Waals surface area contributed by atoms with Crippen molar-refractivity contribution in [2.45, 2.75) is 85.5 Å². The minimum atomic E-state index is -1.03. The summed E-state index contributed by atoms with van der Waals surface area (Å²) in [6, 6.07) is 8.41. The van der Waals surface area contributed by atoms with Crippen molar-refractivity contribution in [3.8, 4) is 5.75 Å². The first-order chi connectivity index (χ1) is 18.9. The van der Waals surface area contributed by atoms with Gasteiger partial charge in [0.25, 0.3) is 0 Å². The van der Waals surface area contributed by atoms with Crippen molar-refractivity contribution >= 4 is 22.7 Å². The second-order valence-corrected chi connectivity index (χ2v) is 10.3. The molecule has 2 aromatic carbocycles. The second-order valence-electron chi connectivity index (χ2n) is 10.3. The molecule has 0 spiro atoms. The zero-order valence-corrected chi connectivity index (χ0v) is 24.2. The quantitative estimate of drug-likeness (QED) is 0.132. The summed E-state index contributed by atoms with van der Waals surface area (Å²) < 4.78 is 11.9. The largest absolute Gasteiger partial charge is 0.493 e. The van der Waals surface area contributed by atoms with Gasteiger partial charge < -0.3 is 19.2 Å². The lowest BCUT2D eigenvalue weighted by Gasteiger charge is -2.22. The average molecular weight is 536 g/mol. The van der Waals surface area contributed by atoms with Crippen molar-refractivity contribution in [1.82, 2.24) is 4.90 Å². The van der Waals surface area contributed by atoms with E-state index in [0.29, 0.717) is 28.7 Å². The number of hydrogen-bond acceptors (Lipinski definition) is 5. The van der Waals surface area contributed by atoms with Gasteiger partial charge >= 0.3 is 5.97 Å². The fourth-order valence-corrected chi connectivity index (χ4v) is 5.10. The summed E-state index contributed by atoms with van der Waals surface area (Å²) in [4.78, 5) is 27.9. The molecule has 0 atom stereocenters. The van der Waals surface area contributed by atoms with E-state index in [1.807, 2.05) is 12.1 Å². The summed E-state index contributed by atoms with van der Waals surface area (Å²) in [6.07, 6.45) is 10.8. The predicted octanol–water partition coefficient (Wildman–Crippen LogP) is 7.94. The lowest BCUT2D eigenvalue weighted by molar-refractivity contribution is 0.0696. The normalized spacial score (nSPS) is 11.4. The Hall–Kier alpha value is -3.12. The third kappa shape index (κ3) is 7.95. The van der Waals surface area contributed by atoms with Crippen LogP contribution in [-0.4, -0.2) is 48.0 Å². The van der Waals surface area contributed by atoms with E-state index >= 15 is 0 Å². The topological polar surface area (TPSA) is 80.0 Å². The number of unbranched alkanes of at least 4 members (excludes halogenated alkanes) is 3. The summed E-state index contributed by atoms with van der Waals surface area (Å²) >= 11 is 0. The van der Waals surface area contributed by atoms with E-state index in [1.165, 1.54) is 44.1 Å². The van der Waals surface area contributed by atoms with Crippen LogP contribution < -0.4 is 4.74 Å². The van der Waals surface area contributed by atoms with E-state index in [2.05, 4.69) is 32.6 Å². The van der Waals surface area contributed by atoms with Crippen molar-refractivity contribution in [2.75, 3.05) is 26.2 Å². The van der Waals surface area contributed by atoms with Crippen LogP contribution in [0, 0.1) is 0 Å². The molecular weight excluding hydrogens is 490 g/mol. The minimum Gasteiger partial charge on any atom is -0.493 e. The van der Waals surface area contributed by atoms with Gasteiger partial charge in [0, 0.05) is 17.5 Å². The number of carbonyl (C=O) groups is 2. The van der Waals surface area contributed by atoms with Gasteiger partial charge in [-0.05, 0) is 93.1 Å². The molecule has 1 heterocycles. The summed E-state index contributed by atoms with van der Waals surface area (Å²) in [5, 5.41) is 9.96. The van der Waals surface area contributed by atoms with Crippen LogP contribution in [0.4, 0.5) is 0 Å². The number of carbonyl (C=O) groups excluding carboxylic acids is 1. The molecule has 0 aliphatic rings. The first kappa shape index (κ1) is 30.4. The molecule has 3 aromatic rings. The Bertz CT molecular complexity index is 1220. The number of rotatable bonds is 18. The number of ether oxygens (including phenoxy) is 1. The van der Waals surface area contributed by atoms with Crippen molar-refractivity contribution in [1.29, 1.82) is 0 Å². The van der Waals surface area contributed by atoms with Crippen molar-refractivity contribution < 1.29 is 23.8 Å².